The molecule has 5 heteroatoms. The molecule has 138 valence electrons. The number of aryl methyl sites for hydroxylation is 1. The van der Waals surface area contributed by atoms with Crippen molar-refractivity contribution < 1.29 is 14.3 Å². The number of hydrogen-bond donors (Lipinski definition) is 1. The first-order valence-electron chi connectivity index (χ1n) is 9.03. The molecule has 25 heavy (non-hydrogen) atoms. The third kappa shape index (κ3) is 5.16. The maximum atomic E-state index is 12.1. The van der Waals surface area contributed by atoms with Crippen LogP contribution in [0.15, 0.2) is 31.4 Å². The Bertz CT molecular complexity index is 586. The molecule has 1 fully saturated rings. The number of carbonyl (C=O) groups is 2. The van der Waals surface area contributed by atoms with Gasteiger partial charge in [0, 0.05) is 24.2 Å². The maximum Gasteiger partial charge on any atom is 0.414 e. The molecule has 0 radical (unpaired) electrons. The number of benzene rings is 1. The lowest BCUT2D eigenvalue weighted by Gasteiger charge is -2.18. The predicted molar refractivity (Wildman–Crippen MR) is 102 cm³/mol. The maximum absolute atomic E-state index is 12.1. The number of Topliss-reactive ketones (excluding diaryl/α,β-unsaturated/α-hetero) is 1. The molecule has 0 spiro atoms. The summed E-state index contributed by atoms with van der Waals surface area (Å²) in [5, 5.41) is 0. The van der Waals surface area contributed by atoms with Crippen LogP contribution in [0.3, 0.4) is 0 Å². The van der Waals surface area contributed by atoms with Crippen LogP contribution in [-0.4, -0.2) is 31.1 Å². The molecular weight excluding hydrogens is 316 g/mol. The molecule has 1 aromatic rings. The van der Waals surface area contributed by atoms with Crippen LogP contribution in [0.1, 0.15) is 55.5 Å². The first-order chi connectivity index (χ1) is 12.2. The Morgan fingerprint density at radius 2 is 1.84 bits per heavy atom. The largest absolute Gasteiger partial charge is 0.443 e. The molecule has 1 unspecified atom stereocenters. The van der Waals surface area contributed by atoms with Crippen LogP contribution in [-0.2, 0) is 11.2 Å². The molecule has 0 bridgehead atoms. The third-order valence-electron chi connectivity index (χ3n) is 4.19. The number of nitrogens with zero attached hydrogens (tertiary/aromatic N) is 1. The number of carbonyl (C=O) groups excluding carboxylic acids is 2. The number of ketones is 1. The van der Waals surface area contributed by atoms with Gasteiger partial charge < -0.3 is 10.5 Å². The summed E-state index contributed by atoms with van der Waals surface area (Å²) in [4.78, 5) is 25.6. The molecule has 2 N–H and O–H groups in total. The zero-order chi connectivity index (χ0) is 18.8. The summed E-state index contributed by atoms with van der Waals surface area (Å²) in [6.45, 7) is 10.8. The van der Waals surface area contributed by atoms with Gasteiger partial charge in [0.2, 0.25) is 0 Å². The normalized spacial score (nSPS) is 19.3. The average Bonchev–Trinajstić information content (AvgIpc) is 3.03. The Morgan fingerprint density at radius 3 is 2.48 bits per heavy atom. The summed E-state index contributed by atoms with van der Waals surface area (Å²) in [5.74, 6) is 0.208. The average molecular weight is 346 g/mol. The molecule has 3 rings (SSSR count). The van der Waals surface area contributed by atoms with Gasteiger partial charge in [0.1, 0.15) is 6.10 Å². The molecule has 1 amide bonds. The Balaban J connectivity index is 0.000000730. The molecule has 1 saturated heterocycles. The molecular formula is C20H30N2O3. The Morgan fingerprint density at radius 1 is 1.16 bits per heavy atom. The summed E-state index contributed by atoms with van der Waals surface area (Å²) in [5.41, 5.74) is 8.20. The van der Waals surface area contributed by atoms with E-state index in [1.165, 1.54) is 0 Å². The monoisotopic (exact) mass is 346 g/mol. The number of cyclic esters (lactones) is 1. The van der Waals surface area contributed by atoms with Gasteiger partial charge in [-0.05, 0) is 43.0 Å². The lowest BCUT2D eigenvalue weighted by atomic mass is 9.92. The molecule has 1 aromatic carbocycles. The molecule has 5 nitrogen and oxygen atoms in total. The van der Waals surface area contributed by atoms with Crippen LogP contribution < -0.4 is 10.6 Å². The standard InChI is InChI=1S/C16H20N2O3.C2H6.C2H4/c17-9-13-10-18(16(20)21-13)12-6-7-14-11(8-12)4-2-1-3-5-15(14)19;2*1-2/h6-8,13H,1-5,9-10,17H2;1-2H3;1-2H2. The van der Waals surface area contributed by atoms with E-state index in [0.29, 0.717) is 19.5 Å². The molecule has 0 aromatic heterocycles. The molecule has 1 aliphatic carbocycles. The van der Waals surface area contributed by atoms with Crippen LogP contribution in [0.4, 0.5) is 10.5 Å². The Labute approximate surface area is 150 Å². The first kappa shape index (κ1) is 20.9. The second-order valence-electron chi connectivity index (χ2n) is 5.68. The number of fused-ring (bicyclic) bond motifs is 1. The number of anilines is 1. The summed E-state index contributed by atoms with van der Waals surface area (Å²) in [6, 6.07) is 5.64. The van der Waals surface area contributed by atoms with Gasteiger partial charge >= 0.3 is 6.09 Å². The smallest absolute Gasteiger partial charge is 0.414 e. The third-order valence-corrected chi connectivity index (χ3v) is 4.19. The van der Waals surface area contributed by atoms with Crippen molar-refractivity contribution in [3.8, 4) is 0 Å². The number of nitrogens with two attached hydrogens (primary N) is 1. The minimum atomic E-state index is -0.359. The highest BCUT2D eigenvalue weighted by molar-refractivity contribution is 5.98. The molecule has 1 atom stereocenters. The van der Waals surface area contributed by atoms with Gasteiger partial charge in [0.05, 0.1) is 6.54 Å². The summed E-state index contributed by atoms with van der Waals surface area (Å²) >= 11 is 0. The quantitative estimate of drug-likeness (QED) is 0.818. The second-order valence-corrected chi connectivity index (χ2v) is 5.68. The lowest BCUT2D eigenvalue weighted by molar-refractivity contribution is 0.0976. The van der Waals surface area contributed by atoms with E-state index in [0.717, 1.165) is 42.5 Å². The Hall–Kier alpha value is -2.14. The number of hydrogen-bond acceptors (Lipinski definition) is 4. The van der Waals surface area contributed by atoms with Gasteiger partial charge in [0.25, 0.3) is 0 Å². The molecule has 0 saturated carbocycles. The van der Waals surface area contributed by atoms with E-state index in [2.05, 4.69) is 13.2 Å². The van der Waals surface area contributed by atoms with E-state index in [1.54, 1.807) is 4.90 Å². The van der Waals surface area contributed by atoms with Gasteiger partial charge in [-0.25, -0.2) is 4.79 Å². The Kier molecular flexibility index (Phi) is 8.92. The van der Waals surface area contributed by atoms with Gasteiger partial charge in [-0.3, -0.25) is 9.69 Å². The molecule has 1 aliphatic heterocycles. The van der Waals surface area contributed by atoms with Crippen LogP contribution in [0.5, 0.6) is 0 Å². The highest BCUT2D eigenvalue weighted by Crippen LogP contribution is 2.27. The number of ether oxygens (including phenoxy) is 1. The zero-order valence-electron chi connectivity index (χ0n) is 15.4. The van der Waals surface area contributed by atoms with E-state index in [9.17, 15) is 9.59 Å². The van der Waals surface area contributed by atoms with E-state index in [-0.39, 0.29) is 18.0 Å². The fourth-order valence-electron chi connectivity index (χ4n) is 2.99. The van der Waals surface area contributed by atoms with Crippen molar-refractivity contribution in [3.63, 3.8) is 0 Å². The SMILES string of the molecule is C=C.CC.NCC1CN(c2ccc3c(c2)CCCCCC3=O)C(=O)O1. The summed E-state index contributed by atoms with van der Waals surface area (Å²) < 4.78 is 5.18. The van der Waals surface area contributed by atoms with Crippen molar-refractivity contribution >= 4 is 17.6 Å². The van der Waals surface area contributed by atoms with Gasteiger partial charge in [-0.15, -0.1) is 13.2 Å². The number of rotatable bonds is 2. The van der Waals surface area contributed by atoms with Crippen LogP contribution in [0.2, 0.25) is 0 Å². The van der Waals surface area contributed by atoms with Crippen molar-refractivity contribution in [2.24, 2.45) is 5.73 Å². The minimum Gasteiger partial charge on any atom is -0.443 e. The van der Waals surface area contributed by atoms with Crippen molar-refractivity contribution in [2.75, 3.05) is 18.0 Å². The zero-order valence-corrected chi connectivity index (χ0v) is 15.4. The van der Waals surface area contributed by atoms with Gasteiger partial charge in [0.15, 0.2) is 5.78 Å². The number of amides is 1. The van der Waals surface area contributed by atoms with Crippen molar-refractivity contribution in [3.05, 3.63) is 42.5 Å². The van der Waals surface area contributed by atoms with E-state index >= 15 is 0 Å². The predicted octanol–water partition coefficient (Wildman–Crippen LogP) is 4.10. The molecule has 1 heterocycles. The first-order valence-corrected chi connectivity index (χ1v) is 9.03. The van der Waals surface area contributed by atoms with Crippen molar-refractivity contribution in [1.82, 2.24) is 0 Å². The van der Waals surface area contributed by atoms with Gasteiger partial charge in [-0.2, -0.15) is 0 Å². The van der Waals surface area contributed by atoms with Crippen molar-refractivity contribution in [2.45, 2.75) is 52.1 Å². The lowest BCUT2D eigenvalue weighted by Crippen LogP contribution is -2.27. The summed E-state index contributed by atoms with van der Waals surface area (Å²) in [6.07, 6.45) is 4.03. The van der Waals surface area contributed by atoms with E-state index < -0.39 is 0 Å². The highest BCUT2D eigenvalue weighted by Gasteiger charge is 2.31. The van der Waals surface area contributed by atoms with Gasteiger partial charge in [-0.1, -0.05) is 20.3 Å². The fraction of sp³-hybridized carbons (Fsp3) is 0.500. The van der Waals surface area contributed by atoms with Crippen LogP contribution in [0, 0.1) is 0 Å². The van der Waals surface area contributed by atoms with Crippen LogP contribution in [0.25, 0.3) is 0 Å². The summed E-state index contributed by atoms with van der Waals surface area (Å²) in [7, 11) is 0. The minimum absolute atomic E-state index is 0.208. The highest BCUT2D eigenvalue weighted by atomic mass is 16.6. The van der Waals surface area contributed by atoms with Crippen LogP contribution >= 0.6 is 0 Å². The molecule has 2 aliphatic rings. The second kappa shape index (κ2) is 10.7. The van der Waals surface area contributed by atoms with Crippen molar-refractivity contribution in [1.29, 1.82) is 0 Å². The topological polar surface area (TPSA) is 72.6 Å². The van der Waals surface area contributed by atoms with E-state index in [1.807, 2.05) is 32.0 Å². The van der Waals surface area contributed by atoms with E-state index in [4.69, 9.17) is 10.5 Å². The fourth-order valence-corrected chi connectivity index (χ4v) is 2.99.